The van der Waals surface area contributed by atoms with Crippen molar-refractivity contribution >= 4 is 11.8 Å². The summed E-state index contributed by atoms with van der Waals surface area (Å²) in [6.45, 7) is 9.32. The van der Waals surface area contributed by atoms with Crippen LogP contribution in [0, 0.1) is 28.6 Å². The first kappa shape index (κ1) is 21.6. The summed E-state index contributed by atoms with van der Waals surface area (Å²) in [7, 11) is 0. The highest BCUT2D eigenvalue weighted by Gasteiger charge is 2.59. The van der Waals surface area contributed by atoms with Crippen molar-refractivity contribution in [2.75, 3.05) is 32.8 Å². The van der Waals surface area contributed by atoms with Gasteiger partial charge in [0.25, 0.3) is 0 Å². The lowest BCUT2D eigenvalue weighted by Crippen LogP contribution is -3.14. The van der Waals surface area contributed by atoms with E-state index in [2.05, 4.69) is 13.8 Å². The minimum atomic E-state index is -0.000362. The molecule has 5 aliphatic rings. The third-order valence-corrected chi connectivity index (χ3v) is 10.0. The fraction of sp³-hybridized carbons (Fsp3) is 0.846. The highest BCUT2D eigenvalue weighted by molar-refractivity contribution is 5.91. The molecule has 3 saturated carbocycles. The standard InChI is InChI=1S/C26H39NO4/c1-25-10-7-19(28)17-18(25)3-4-20-21-5-6-23(26(21,2)11-8-22(20)25)31-24(29)9-12-27-13-15-30-16-14-27/h17,20-23H,3-16H2,1-2H3/p+1/t20-,21+,22+,23-,25+,26-/m1/s1. The van der Waals surface area contributed by atoms with Gasteiger partial charge in [0.05, 0.1) is 26.2 Å². The molecule has 4 fully saturated rings. The zero-order valence-electron chi connectivity index (χ0n) is 19.4. The van der Waals surface area contributed by atoms with Gasteiger partial charge in [-0.15, -0.1) is 0 Å². The summed E-state index contributed by atoms with van der Waals surface area (Å²) in [6, 6.07) is 0. The Hall–Kier alpha value is -1.20. The van der Waals surface area contributed by atoms with Gasteiger partial charge in [0.1, 0.15) is 19.2 Å². The topological polar surface area (TPSA) is 57.0 Å². The van der Waals surface area contributed by atoms with Gasteiger partial charge in [-0.25, -0.2) is 0 Å². The molecule has 31 heavy (non-hydrogen) atoms. The summed E-state index contributed by atoms with van der Waals surface area (Å²) in [4.78, 5) is 26.2. The maximum atomic E-state index is 12.7. The Morgan fingerprint density at radius 3 is 2.71 bits per heavy atom. The number of ketones is 1. The molecule has 5 heteroatoms. The van der Waals surface area contributed by atoms with Crippen LogP contribution >= 0.6 is 0 Å². The molecule has 1 heterocycles. The van der Waals surface area contributed by atoms with Gasteiger partial charge in [-0.1, -0.05) is 19.4 Å². The molecule has 0 unspecified atom stereocenters. The highest BCUT2D eigenvalue weighted by atomic mass is 16.5. The van der Waals surface area contributed by atoms with E-state index in [9.17, 15) is 9.59 Å². The van der Waals surface area contributed by atoms with E-state index in [1.807, 2.05) is 6.08 Å². The van der Waals surface area contributed by atoms with Crippen LogP contribution in [0.5, 0.6) is 0 Å². The predicted octanol–water partition coefficient (Wildman–Crippen LogP) is 2.74. The monoisotopic (exact) mass is 430 g/mol. The van der Waals surface area contributed by atoms with Crippen molar-refractivity contribution in [3.63, 3.8) is 0 Å². The molecule has 1 N–H and O–H groups in total. The van der Waals surface area contributed by atoms with Crippen molar-refractivity contribution < 1.29 is 24.0 Å². The first-order chi connectivity index (χ1) is 14.9. The number of carbonyl (C=O) groups excluding carboxylic acids is 2. The van der Waals surface area contributed by atoms with E-state index in [1.54, 1.807) is 0 Å². The van der Waals surface area contributed by atoms with Crippen molar-refractivity contribution in [2.45, 2.75) is 77.7 Å². The number of morpholine rings is 1. The molecule has 0 aromatic heterocycles. The molecular weight excluding hydrogens is 390 g/mol. The summed E-state index contributed by atoms with van der Waals surface area (Å²) in [5, 5.41) is 0. The van der Waals surface area contributed by atoms with Crippen molar-refractivity contribution in [3.05, 3.63) is 11.6 Å². The summed E-state index contributed by atoms with van der Waals surface area (Å²) in [6.07, 6.45) is 11.2. The molecule has 0 bridgehead atoms. The van der Waals surface area contributed by atoms with E-state index >= 15 is 0 Å². The van der Waals surface area contributed by atoms with Gasteiger partial charge in [0, 0.05) is 11.8 Å². The van der Waals surface area contributed by atoms with Gasteiger partial charge in [-0.3, -0.25) is 9.59 Å². The van der Waals surface area contributed by atoms with Gasteiger partial charge in [0.2, 0.25) is 0 Å². The number of hydrogen-bond acceptors (Lipinski definition) is 4. The smallest absolute Gasteiger partial charge is 0.311 e. The molecule has 0 spiro atoms. The maximum Gasteiger partial charge on any atom is 0.311 e. The van der Waals surface area contributed by atoms with Gasteiger partial charge in [-0.05, 0) is 74.2 Å². The predicted molar refractivity (Wildman–Crippen MR) is 118 cm³/mol. The Bertz CT molecular complexity index is 757. The van der Waals surface area contributed by atoms with Crippen LogP contribution in [0.25, 0.3) is 0 Å². The minimum absolute atomic E-state index is 0.000362. The lowest BCUT2D eigenvalue weighted by Gasteiger charge is -2.57. The molecule has 6 atom stereocenters. The Morgan fingerprint density at radius 2 is 1.90 bits per heavy atom. The quantitative estimate of drug-likeness (QED) is 0.697. The number of rotatable bonds is 4. The molecule has 0 amide bonds. The number of carbonyl (C=O) groups is 2. The summed E-state index contributed by atoms with van der Waals surface area (Å²) < 4.78 is 11.6. The molecule has 0 aromatic rings. The number of fused-ring (bicyclic) bond motifs is 5. The second-order valence-electron chi connectivity index (χ2n) is 11.4. The molecular formula is C26H40NO4+. The highest BCUT2D eigenvalue weighted by Crippen LogP contribution is 2.65. The maximum absolute atomic E-state index is 12.7. The van der Waals surface area contributed by atoms with Crippen LogP contribution in [0.15, 0.2) is 11.6 Å². The zero-order valence-corrected chi connectivity index (χ0v) is 19.4. The Labute approximate surface area is 186 Å². The minimum Gasteiger partial charge on any atom is -0.462 e. The third kappa shape index (κ3) is 3.80. The van der Waals surface area contributed by atoms with E-state index in [0.29, 0.717) is 24.0 Å². The lowest BCUT2D eigenvalue weighted by atomic mass is 9.47. The lowest BCUT2D eigenvalue weighted by molar-refractivity contribution is -0.907. The van der Waals surface area contributed by atoms with Crippen LogP contribution in [0.2, 0.25) is 0 Å². The van der Waals surface area contributed by atoms with Crippen LogP contribution in [0.1, 0.15) is 71.6 Å². The zero-order chi connectivity index (χ0) is 21.6. The molecule has 0 radical (unpaired) electrons. The Kier molecular flexibility index (Phi) is 5.79. The fourth-order valence-electron chi connectivity index (χ4n) is 8.11. The van der Waals surface area contributed by atoms with Crippen LogP contribution in [-0.4, -0.2) is 50.7 Å². The summed E-state index contributed by atoms with van der Waals surface area (Å²) in [5.74, 6) is 2.40. The first-order valence-corrected chi connectivity index (χ1v) is 12.7. The number of esters is 1. The Balaban J connectivity index is 1.23. The normalized spacial score (nSPS) is 42.9. The van der Waals surface area contributed by atoms with E-state index in [1.165, 1.54) is 29.7 Å². The number of allylic oxidation sites excluding steroid dienone is 1. The molecule has 1 saturated heterocycles. The average molecular weight is 431 g/mol. The second-order valence-corrected chi connectivity index (χ2v) is 11.4. The van der Waals surface area contributed by atoms with Crippen LogP contribution < -0.4 is 4.90 Å². The molecule has 5 rings (SSSR count). The van der Waals surface area contributed by atoms with Gasteiger partial charge >= 0.3 is 5.97 Å². The van der Waals surface area contributed by atoms with E-state index < -0.39 is 0 Å². The number of ether oxygens (including phenoxy) is 2. The van der Waals surface area contributed by atoms with Crippen molar-refractivity contribution in [1.82, 2.24) is 0 Å². The summed E-state index contributed by atoms with van der Waals surface area (Å²) >= 11 is 0. The SMILES string of the molecule is C[C@@]12CC[C@H]3[C@H](CCC4=CC(=O)CC[C@@]43C)[C@@H]1CC[C@H]2OC(=O)CC[NH+]1CCOCC1. The fourth-order valence-corrected chi connectivity index (χ4v) is 8.11. The van der Waals surface area contributed by atoms with Gasteiger partial charge < -0.3 is 14.4 Å². The molecule has 4 aliphatic carbocycles. The third-order valence-electron chi connectivity index (χ3n) is 10.0. The van der Waals surface area contributed by atoms with Gasteiger partial charge in [-0.2, -0.15) is 0 Å². The van der Waals surface area contributed by atoms with E-state index in [-0.39, 0.29) is 22.9 Å². The molecule has 172 valence electrons. The van der Waals surface area contributed by atoms with Crippen LogP contribution in [0.3, 0.4) is 0 Å². The van der Waals surface area contributed by atoms with Crippen LogP contribution in [-0.2, 0) is 19.1 Å². The van der Waals surface area contributed by atoms with Crippen molar-refractivity contribution in [1.29, 1.82) is 0 Å². The van der Waals surface area contributed by atoms with Crippen molar-refractivity contribution in [2.24, 2.45) is 28.6 Å². The number of hydrogen-bond donors (Lipinski definition) is 1. The number of nitrogens with one attached hydrogen (secondary N) is 1. The van der Waals surface area contributed by atoms with Crippen molar-refractivity contribution in [3.8, 4) is 0 Å². The molecule has 5 nitrogen and oxygen atoms in total. The summed E-state index contributed by atoms with van der Waals surface area (Å²) in [5.41, 5.74) is 1.78. The average Bonchev–Trinajstić information content (AvgIpc) is 3.10. The van der Waals surface area contributed by atoms with Gasteiger partial charge in [0.15, 0.2) is 5.78 Å². The largest absolute Gasteiger partial charge is 0.462 e. The molecule has 0 aromatic carbocycles. The second kappa shape index (κ2) is 8.30. The van der Waals surface area contributed by atoms with Crippen LogP contribution in [0.4, 0.5) is 0 Å². The number of quaternary nitrogens is 1. The molecule has 1 aliphatic heterocycles. The Morgan fingerprint density at radius 1 is 1.10 bits per heavy atom. The van der Waals surface area contributed by atoms with E-state index in [0.717, 1.165) is 70.9 Å². The van der Waals surface area contributed by atoms with E-state index in [4.69, 9.17) is 9.47 Å². The first-order valence-electron chi connectivity index (χ1n) is 12.7.